The zero-order valence-electron chi connectivity index (χ0n) is 13.0. The highest BCUT2D eigenvalue weighted by Crippen LogP contribution is 2.40. The molecule has 1 atom stereocenters. The van der Waals surface area contributed by atoms with Gasteiger partial charge in [-0.1, -0.05) is 15.9 Å². The molecule has 3 nitrogen and oxygen atoms in total. The van der Waals surface area contributed by atoms with E-state index in [4.69, 9.17) is 4.74 Å². The van der Waals surface area contributed by atoms with Crippen LogP contribution in [0.5, 0.6) is 5.75 Å². The summed E-state index contributed by atoms with van der Waals surface area (Å²) in [5, 5.41) is 3.27. The molecular formula is C15H25BrN2O. The van der Waals surface area contributed by atoms with Gasteiger partial charge in [0, 0.05) is 16.6 Å². The molecule has 0 heterocycles. The molecule has 0 aromatic heterocycles. The molecule has 1 N–H and O–H groups in total. The SMILES string of the molecule is CNCC(c1c(C)c(Br)c(C)c(C)c1OC)N(C)C. The maximum absolute atomic E-state index is 5.69. The van der Waals surface area contributed by atoms with Gasteiger partial charge in [-0.15, -0.1) is 0 Å². The van der Waals surface area contributed by atoms with Gasteiger partial charge in [0.05, 0.1) is 13.2 Å². The Morgan fingerprint density at radius 2 is 1.74 bits per heavy atom. The Kier molecular flexibility index (Phi) is 5.83. The summed E-state index contributed by atoms with van der Waals surface area (Å²) in [5.74, 6) is 1.01. The maximum atomic E-state index is 5.69. The van der Waals surface area contributed by atoms with Gasteiger partial charge in [0.25, 0.3) is 0 Å². The molecule has 0 bridgehead atoms. The summed E-state index contributed by atoms with van der Waals surface area (Å²) in [5.41, 5.74) is 4.98. The van der Waals surface area contributed by atoms with Crippen LogP contribution in [0.1, 0.15) is 28.3 Å². The van der Waals surface area contributed by atoms with E-state index in [1.807, 2.05) is 7.05 Å². The number of halogens is 1. The van der Waals surface area contributed by atoms with Crippen molar-refractivity contribution in [2.75, 3.05) is 34.8 Å². The Morgan fingerprint density at radius 3 is 2.16 bits per heavy atom. The zero-order chi connectivity index (χ0) is 14.7. The third kappa shape index (κ3) is 3.12. The molecule has 1 rings (SSSR count). The first kappa shape index (κ1) is 16.5. The van der Waals surface area contributed by atoms with Gasteiger partial charge < -0.3 is 15.0 Å². The number of nitrogens with one attached hydrogen (secondary N) is 1. The van der Waals surface area contributed by atoms with E-state index in [1.165, 1.54) is 26.7 Å². The smallest absolute Gasteiger partial charge is 0.127 e. The summed E-state index contributed by atoms with van der Waals surface area (Å²) < 4.78 is 6.88. The van der Waals surface area contributed by atoms with Gasteiger partial charge in [-0.3, -0.25) is 0 Å². The summed E-state index contributed by atoms with van der Waals surface area (Å²) in [4.78, 5) is 2.22. The highest BCUT2D eigenvalue weighted by atomic mass is 79.9. The molecule has 0 aliphatic heterocycles. The fourth-order valence-electron chi connectivity index (χ4n) is 2.51. The lowest BCUT2D eigenvalue weighted by Crippen LogP contribution is -2.30. The minimum absolute atomic E-state index is 0.288. The van der Waals surface area contributed by atoms with Crippen LogP contribution in [0.25, 0.3) is 0 Å². The minimum Gasteiger partial charge on any atom is -0.496 e. The molecule has 0 aliphatic carbocycles. The van der Waals surface area contributed by atoms with Crippen molar-refractivity contribution in [3.05, 3.63) is 26.7 Å². The number of nitrogens with zero attached hydrogens (tertiary/aromatic N) is 1. The minimum atomic E-state index is 0.288. The van der Waals surface area contributed by atoms with Crippen LogP contribution >= 0.6 is 15.9 Å². The van der Waals surface area contributed by atoms with Crippen LogP contribution < -0.4 is 10.1 Å². The topological polar surface area (TPSA) is 24.5 Å². The highest BCUT2D eigenvalue weighted by Gasteiger charge is 2.24. The van der Waals surface area contributed by atoms with E-state index in [9.17, 15) is 0 Å². The van der Waals surface area contributed by atoms with Gasteiger partial charge in [0.15, 0.2) is 0 Å². The molecule has 0 amide bonds. The monoisotopic (exact) mass is 328 g/mol. The Bertz CT molecular complexity index is 458. The van der Waals surface area contributed by atoms with E-state index in [2.05, 4.69) is 61.0 Å². The van der Waals surface area contributed by atoms with E-state index in [1.54, 1.807) is 7.11 Å². The molecular weight excluding hydrogens is 304 g/mol. The van der Waals surface area contributed by atoms with Gasteiger partial charge in [-0.05, 0) is 58.6 Å². The van der Waals surface area contributed by atoms with E-state index in [-0.39, 0.29) is 6.04 Å². The Morgan fingerprint density at radius 1 is 1.16 bits per heavy atom. The lowest BCUT2D eigenvalue weighted by Gasteiger charge is -2.30. The predicted octanol–water partition coefficient (Wildman–Crippen LogP) is 3.21. The van der Waals surface area contributed by atoms with Crippen LogP contribution in [0.4, 0.5) is 0 Å². The quantitative estimate of drug-likeness (QED) is 0.898. The summed E-state index contributed by atoms with van der Waals surface area (Å²) in [6.07, 6.45) is 0. The maximum Gasteiger partial charge on any atom is 0.127 e. The van der Waals surface area contributed by atoms with E-state index in [0.717, 1.165) is 12.3 Å². The van der Waals surface area contributed by atoms with Crippen molar-refractivity contribution in [1.29, 1.82) is 0 Å². The van der Waals surface area contributed by atoms with Gasteiger partial charge in [-0.2, -0.15) is 0 Å². The fourth-order valence-corrected chi connectivity index (χ4v) is 3.02. The lowest BCUT2D eigenvalue weighted by molar-refractivity contribution is 0.282. The van der Waals surface area contributed by atoms with Crippen molar-refractivity contribution in [1.82, 2.24) is 10.2 Å². The van der Waals surface area contributed by atoms with Crippen LogP contribution in [0, 0.1) is 20.8 Å². The van der Waals surface area contributed by atoms with Crippen molar-refractivity contribution >= 4 is 15.9 Å². The first-order valence-electron chi connectivity index (χ1n) is 6.50. The molecule has 0 fully saturated rings. The van der Waals surface area contributed by atoms with Gasteiger partial charge in [0.2, 0.25) is 0 Å². The van der Waals surface area contributed by atoms with Crippen LogP contribution in [-0.4, -0.2) is 39.7 Å². The van der Waals surface area contributed by atoms with Crippen molar-refractivity contribution in [3.63, 3.8) is 0 Å². The second kappa shape index (κ2) is 6.73. The van der Waals surface area contributed by atoms with E-state index < -0.39 is 0 Å². The molecule has 0 saturated carbocycles. The zero-order valence-corrected chi connectivity index (χ0v) is 14.6. The van der Waals surface area contributed by atoms with Crippen LogP contribution in [-0.2, 0) is 0 Å². The number of ether oxygens (including phenoxy) is 1. The number of benzene rings is 1. The first-order chi connectivity index (χ1) is 8.86. The average Bonchev–Trinajstić information content (AvgIpc) is 2.38. The number of hydrogen-bond donors (Lipinski definition) is 1. The summed E-state index contributed by atoms with van der Waals surface area (Å²) in [6.45, 7) is 7.29. The normalized spacial score (nSPS) is 12.9. The van der Waals surface area contributed by atoms with Gasteiger partial charge in [0.1, 0.15) is 5.75 Å². The van der Waals surface area contributed by atoms with Gasteiger partial charge in [-0.25, -0.2) is 0 Å². The van der Waals surface area contributed by atoms with E-state index >= 15 is 0 Å². The first-order valence-corrected chi connectivity index (χ1v) is 7.30. The molecule has 1 aromatic rings. The molecule has 0 aliphatic rings. The molecule has 108 valence electrons. The standard InChI is InChI=1S/C15H25BrN2O/c1-9-10(2)15(19-7)13(11(3)14(9)16)12(8-17-4)18(5)6/h12,17H,8H2,1-7H3. The molecule has 1 unspecified atom stereocenters. The predicted molar refractivity (Wildman–Crippen MR) is 85.3 cm³/mol. The summed E-state index contributed by atoms with van der Waals surface area (Å²) in [6, 6.07) is 0.288. The average molecular weight is 329 g/mol. The third-order valence-corrected chi connectivity index (χ3v) is 4.96. The molecule has 0 saturated heterocycles. The Balaban J connectivity index is 3.55. The largest absolute Gasteiger partial charge is 0.496 e. The molecule has 0 radical (unpaired) electrons. The molecule has 1 aromatic carbocycles. The molecule has 0 spiro atoms. The summed E-state index contributed by atoms with van der Waals surface area (Å²) >= 11 is 3.72. The van der Waals surface area contributed by atoms with Crippen molar-refractivity contribution in [3.8, 4) is 5.75 Å². The summed E-state index contributed by atoms with van der Waals surface area (Å²) in [7, 11) is 7.94. The Hall–Kier alpha value is -0.580. The second-order valence-electron chi connectivity index (χ2n) is 5.17. The van der Waals surface area contributed by atoms with E-state index in [0.29, 0.717) is 0 Å². The fraction of sp³-hybridized carbons (Fsp3) is 0.600. The number of likely N-dealkylation sites (N-methyl/N-ethyl adjacent to an activating group) is 2. The van der Waals surface area contributed by atoms with Crippen molar-refractivity contribution in [2.24, 2.45) is 0 Å². The Labute approximate surface area is 125 Å². The second-order valence-corrected chi connectivity index (χ2v) is 5.97. The molecule has 4 heteroatoms. The number of hydrogen-bond acceptors (Lipinski definition) is 3. The third-order valence-electron chi connectivity index (χ3n) is 3.77. The van der Waals surface area contributed by atoms with Crippen LogP contribution in [0.15, 0.2) is 4.47 Å². The van der Waals surface area contributed by atoms with Crippen LogP contribution in [0.3, 0.4) is 0 Å². The van der Waals surface area contributed by atoms with Crippen LogP contribution in [0.2, 0.25) is 0 Å². The van der Waals surface area contributed by atoms with Crippen molar-refractivity contribution < 1.29 is 4.74 Å². The van der Waals surface area contributed by atoms with Crippen molar-refractivity contribution in [2.45, 2.75) is 26.8 Å². The lowest BCUT2D eigenvalue weighted by atomic mass is 9.93. The molecule has 19 heavy (non-hydrogen) atoms. The number of methoxy groups -OCH3 is 1. The van der Waals surface area contributed by atoms with Gasteiger partial charge >= 0.3 is 0 Å². The number of rotatable bonds is 5. The highest BCUT2D eigenvalue weighted by molar-refractivity contribution is 9.10.